The molecule has 0 aliphatic rings. The molecule has 42 heavy (non-hydrogen) atoms. The van der Waals surface area contributed by atoms with Gasteiger partial charge < -0.3 is 9.59 Å². The predicted octanol–water partition coefficient (Wildman–Crippen LogP) is 12.6. The minimum Gasteiger partial charge on any atom is -0.478 e. The van der Waals surface area contributed by atoms with E-state index in [1.54, 1.807) is 30.3 Å². The Kier molecular flexibility index (Phi) is 30.1. The molecule has 3 heteroatoms. The molecule has 0 amide bonds. The van der Waals surface area contributed by atoms with Crippen molar-refractivity contribution in [1.82, 2.24) is 0 Å². The highest BCUT2D eigenvalue weighted by Crippen LogP contribution is 2.20. The number of unbranched alkanes of at least 4 members (excludes halogenated alkanes) is 20. The van der Waals surface area contributed by atoms with Gasteiger partial charge in [-0.15, -0.1) is 0 Å². The highest BCUT2D eigenvalue weighted by Gasteiger charge is 2.25. The van der Waals surface area contributed by atoms with Crippen molar-refractivity contribution >= 4 is 5.97 Å². The second kappa shape index (κ2) is 31.1. The van der Waals surface area contributed by atoms with E-state index in [1.807, 2.05) is 0 Å². The summed E-state index contributed by atoms with van der Waals surface area (Å²) in [7, 11) is 0. The zero-order valence-electron chi connectivity index (χ0n) is 29.0. The van der Waals surface area contributed by atoms with Gasteiger partial charge in [0.05, 0.1) is 31.7 Å². The van der Waals surface area contributed by atoms with Gasteiger partial charge in [0.15, 0.2) is 0 Å². The first-order valence-corrected chi connectivity index (χ1v) is 18.7. The van der Waals surface area contributed by atoms with Gasteiger partial charge in [-0.2, -0.15) is 0 Å². The maximum Gasteiger partial charge on any atom is 0.335 e. The van der Waals surface area contributed by atoms with Gasteiger partial charge in [0.1, 0.15) is 0 Å². The van der Waals surface area contributed by atoms with Crippen LogP contribution in [0.15, 0.2) is 30.3 Å². The minimum atomic E-state index is -0.879. The normalized spacial score (nSPS) is 11.3. The molecule has 1 aromatic carbocycles. The molecule has 0 saturated heterocycles. The number of hydrogen-bond donors (Lipinski definition) is 1. The number of nitrogens with zero attached hydrogens (tertiary/aromatic N) is 1. The van der Waals surface area contributed by atoms with Crippen LogP contribution in [0, 0.1) is 0 Å². The van der Waals surface area contributed by atoms with Gasteiger partial charge in [-0.3, -0.25) is 0 Å². The summed E-state index contributed by atoms with van der Waals surface area (Å²) in [6, 6.07) is 8.30. The molecule has 0 radical (unpaired) electrons. The van der Waals surface area contributed by atoms with Crippen molar-refractivity contribution in [2.24, 2.45) is 0 Å². The predicted molar refractivity (Wildman–Crippen MR) is 187 cm³/mol. The molecule has 0 unspecified atom stereocenters. The number of hydrogen-bond acceptors (Lipinski definition) is 1. The molecule has 0 aliphatic carbocycles. The van der Waals surface area contributed by atoms with Gasteiger partial charge in [-0.05, 0) is 63.5 Å². The highest BCUT2D eigenvalue weighted by atomic mass is 16.4. The van der Waals surface area contributed by atoms with Gasteiger partial charge in [0.2, 0.25) is 0 Å². The summed E-state index contributed by atoms with van der Waals surface area (Å²) in [4.78, 5) is 10.2. The summed E-state index contributed by atoms with van der Waals surface area (Å²) in [6.45, 7) is 15.3. The van der Waals surface area contributed by atoms with E-state index in [-0.39, 0.29) is 0 Å². The Morgan fingerprint density at radius 2 is 0.714 bits per heavy atom. The second-order valence-electron chi connectivity index (χ2n) is 13.0. The Bertz CT molecular complexity index is 605. The maximum atomic E-state index is 10.2. The maximum absolute atomic E-state index is 10.2. The third-order valence-electron chi connectivity index (χ3n) is 8.96. The number of carboxylic acids is 1. The molecule has 0 spiro atoms. The summed E-state index contributed by atoms with van der Waals surface area (Å²) in [5, 5.41) is 8.38. The van der Waals surface area contributed by atoms with Crippen molar-refractivity contribution in [2.75, 3.05) is 26.2 Å². The molecule has 0 heterocycles. The smallest absolute Gasteiger partial charge is 0.335 e. The lowest BCUT2D eigenvalue weighted by atomic mass is 10.0. The van der Waals surface area contributed by atoms with Gasteiger partial charge in [0, 0.05) is 0 Å². The van der Waals surface area contributed by atoms with Crippen molar-refractivity contribution in [1.29, 1.82) is 0 Å². The van der Waals surface area contributed by atoms with E-state index in [4.69, 9.17) is 5.11 Å². The van der Waals surface area contributed by atoms with Crippen LogP contribution < -0.4 is 0 Å². The molecule has 0 bridgehead atoms. The van der Waals surface area contributed by atoms with Crippen LogP contribution in [-0.2, 0) is 0 Å². The number of quaternary nitrogens is 1. The molecule has 1 rings (SSSR count). The van der Waals surface area contributed by atoms with Crippen molar-refractivity contribution in [3.8, 4) is 0 Å². The number of carboxylic acid groups (broad SMARTS) is 1. The summed E-state index contributed by atoms with van der Waals surface area (Å²) < 4.78 is 1.48. The Balaban J connectivity index is 0.00000157. The molecule has 0 saturated carbocycles. The zero-order valence-corrected chi connectivity index (χ0v) is 29.0. The Morgan fingerprint density at radius 3 is 0.952 bits per heavy atom. The Hall–Kier alpha value is -1.35. The van der Waals surface area contributed by atoms with Crippen LogP contribution in [0.2, 0.25) is 0 Å². The second-order valence-corrected chi connectivity index (χ2v) is 13.0. The first-order valence-electron chi connectivity index (χ1n) is 18.7. The van der Waals surface area contributed by atoms with Gasteiger partial charge >= 0.3 is 5.97 Å². The Labute approximate surface area is 263 Å². The average Bonchev–Trinajstić information content (AvgIpc) is 3.01. The zero-order chi connectivity index (χ0) is 31.0. The van der Waals surface area contributed by atoms with Crippen molar-refractivity contribution in [3.63, 3.8) is 0 Å². The van der Waals surface area contributed by atoms with Gasteiger partial charge in [0.25, 0.3) is 0 Å². The fourth-order valence-electron chi connectivity index (χ4n) is 6.16. The molecule has 3 nitrogen and oxygen atoms in total. The molecule has 0 atom stereocenters. The van der Waals surface area contributed by atoms with Crippen molar-refractivity contribution < 1.29 is 14.4 Å². The van der Waals surface area contributed by atoms with Crippen LogP contribution in [0.4, 0.5) is 0 Å². The first-order chi connectivity index (χ1) is 20.5. The standard InChI is InChI=1S/C32H68N.C7H6O2/c1-5-9-13-17-21-25-29-33(30-26-22-18-14-10-6-2,31-27-23-19-15-11-7-3)32-28-24-20-16-12-8-4;8-7(9)6-4-2-1-3-5-6/h5-32H2,1-4H3;1-5H,(H,8,9)/q+1;. The van der Waals surface area contributed by atoms with Crippen LogP contribution >= 0.6 is 0 Å². The molecule has 1 aromatic rings. The van der Waals surface area contributed by atoms with Crippen LogP contribution in [0.25, 0.3) is 0 Å². The molecule has 246 valence electrons. The topological polar surface area (TPSA) is 37.3 Å². The SMILES string of the molecule is CCCCCCCC[N+](CCCCCCCC)(CCCCCCCC)CCCCCCCC.O=C(O)c1ccccc1. The molecular formula is C39H74NO2+. The third kappa shape index (κ3) is 25.2. The van der Waals surface area contributed by atoms with Gasteiger partial charge in [-0.1, -0.05) is 149 Å². The fraction of sp³-hybridized carbons (Fsp3) is 0.821. The third-order valence-corrected chi connectivity index (χ3v) is 8.96. The summed E-state index contributed by atoms with van der Waals surface area (Å²) >= 11 is 0. The van der Waals surface area contributed by atoms with Crippen LogP contribution in [-0.4, -0.2) is 41.7 Å². The van der Waals surface area contributed by atoms with E-state index in [1.165, 1.54) is 185 Å². The van der Waals surface area contributed by atoms with E-state index in [0.29, 0.717) is 5.56 Å². The quantitative estimate of drug-likeness (QED) is 0.0746. The van der Waals surface area contributed by atoms with Crippen LogP contribution in [0.3, 0.4) is 0 Å². The molecule has 0 fully saturated rings. The van der Waals surface area contributed by atoms with E-state index in [0.717, 1.165) is 0 Å². The van der Waals surface area contributed by atoms with E-state index in [2.05, 4.69) is 27.7 Å². The van der Waals surface area contributed by atoms with E-state index in [9.17, 15) is 4.79 Å². The number of carbonyl (C=O) groups is 1. The monoisotopic (exact) mass is 589 g/mol. The molecule has 1 N–H and O–H groups in total. The Morgan fingerprint density at radius 1 is 0.452 bits per heavy atom. The van der Waals surface area contributed by atoms with Crippen LogP contribution in [0.5, 0.6) is 0 Å². The number of benzene rings is 1. The minimum absolute atomic E-state index is 0.331. The fourth-order valence-corrected chi connectivity index (χ4v) is 6.16. The van der Waals surface area contributed by atoms with E-state index < -0.39 is 5.97 Å². The molecule has 0 aromatic heterocycles. The lowest BCUT2D eigenvalue weighted by Gasteiger charge is -2.40. The van der Waals surface area contributed by atoms with E-state index >= 15 is 0 Å². The molecule has 0 aliphatic heterocycles. The van der Waals surface area contributed by atoms with Gasteiger partial charge in [-0.25, -0.2) is 4.79 Å². The number of rotatable bonds is 29. The first kappa shape index (κ1) is 40.6. The van der Waals surface area contributed by atoms with Crippen LogP contribution in [0.1, 0.15) is 192 Å². The lowest BCUT2D eigenvalue weighted by molar-refractivity contribution is -0.929. The average molecular weight is 589 g/mol. The number of aromatic carboxylic acids is 1. The lowest BCUT2D eigenvalue weighted by Crippen LogP contribution is -2.50. The molecular weight excluding hydrogens is 514 g/mol. The van der Waals surface area contributed by atoms with Crippen molar-refractivity contribution in [2.45, 2.75) is 182 Å². The highest BCUT2D eigenvalue weighted by molar-refractivity contribution is 5.87. The summed E-state index contributed by atoms with van der Waals surface area (Å²) in [6.07, 6.45) is 34.8. The summed E-state index contributed by atoms with van der Waals surface area (Å²) in [5.74, 6) is -0.879. The largest absolute Gasteiger partial charge is 0.478 e. The summed E-state index contributed by atoms with van der Waals surface area (Å²) in [5.41, 5.74) is 0.331. The van der Waals surface area contributed by atoms with Crippen molar-refractivity contribution in [3.05, 3.63) is 35.9 Å².